The van der Waals surface area contributed by atoms with Gasteiger partial charge in [0.05, 0.1) is 17.0 Å². The number of piperidine rings is 1. The van der Waals surface area contributed by atoms with Crippen molar-refractivity contribution in [2.75, 3.05) is 0 Å². The first kappa shape index (κ1) is 13.1. The molecule has 1 aliphatic heterocycles. The lowest BCUT2D eigenvalue weighted by Crippen LogP contribution is -2.39. The van der Waals surface area contributed by atoms with Crippen LogP contribution in [0.4, 0.5) is 0 Å². The van der Waals surface area contributed by atoms with E-state index in [2.05, 4.69) is 26.2 Å². The van der Waals surface area contributed by atoms with E-state index in [0.717, 1.165) is 10.0 Å². The zero-order valence-corrected chi connectivity index (χ0v) is 12.3. The molecule has 20 heavy (non-hydrogen) atoms. The van der Waals surface area contributed by atoms with Crippen LogP contribution in [0.5, 0.6) is 0 Å². The Kier molecular flexibility index (Phi) is 3.01. The summed E-state index contributed by atoms with van der Waals surface area (Å²) < 4.78 is 2.24. The fraction of sp³-hybridized carbons (Fsp3) is 0.308. The minimum absolute atomic E-state index is 0.230. The number of carbonyl (C=O) groups is 2. The number of halogens is 1. The number of aromatic nitrogens is 2. The zero-order chi connectivity index (χ0) is 14.4. The third-order valence-corrected chi connectivity index (χ3v) is 4.32. The van der Waals surface area contributed by atoms with Gasteiger partial charge in [-0.25, -0.2) is 4.79 Å². The summed E-state index contributed by atoms with van der Waals surface area (Å²) in [6, 6.07) is 3.59. The number of nitrogens with zero attached hydrogens (tertiary/aromatic N) is 1. The number of hydrogen-bond donors (Lipinski definition) is 2. The first-order valence-electron chi connectivity index (χ1n) is 6.20. The van der Waals surface area contributed by atoms with E-state index in [-0.39, 0.29) is 17.5 Å². The summed E-state index contributed by atoms with van der Waals surface area (Å²) in [6.45, 7) is 0. The molecule has 1 atom stereocenters. The highest BCUT2D eigenvalue weighted by atomic mass is 79.9. The van der Waals surface area contributed by atoms with Crippen LogP contribution in [0.3, 0.4) is 0 Å². The fourth-order valence-corrected chi connectivity index (χ4v) is 3.24. The van der Waals surface area contributed by atoms with Crippen LogP contribution >= 0.6 is 15.9 Å². The molecule has 2 aromatic rings. The number of rotatable bonds is 1. The summed E-state index contributed by atoms with van der Waals surface area (Å²) in [6.07, 6.45) is 0.749. The lowest BCUT2D eigenvalue weighted by Gasteiger charge is -2.23. The minimum Gasteiger partial charge on any atom is -0.306 e. The molecule has 6 nitrogen and oxygen atoms in total. The molecule has 0 aliphatic carbocycles. The second-order valence-electron chi connectivity index (χ2n) is 4.85. The lowest BCUT2D eigenvalue weighted by atomic mass is 9.89. The van der Waals surface area contributed by atoms with Crippen LogP contribution in [-0.4, -0.2) is 21.4 Å². The number of imidazole rings is 1. The quantitative estimate of drug-likeness (QED) is 0.765. The topological polar surface area (TPSA) is 84.0 Å². The van der Waals surface area contributed by atoms with Gasteiger partial charge in [0.1, 0.15) is 0 Å². The van der Waals surface area contributed by atoms with Crippen molar-refractivity contribution < 1.29 is 9.59 Å². The van der Waals surface area contributed by atoms with Gasteiger partial charge in [0.25, 0.3) is 0 Å². The second kappa shape index (κ2) is 4.59. The average molecular weight is 338 g/mol. The predicted molar refractivity (Wildman–Crippen MR) is 76.4 cm³/mol. The largest absolute Gasteiger partial charge is 0.326 e. The Balaban J connectivity index is 2.25. The molecule has 1 aromatic heterocycles. The van der Waals surface area contributed by atoms with Crippen LogP contribution in [0.15, 0.2) is 21.4 Å². The number of benzene rings is 1. The Hall–Kier alpha value is -1.89. The Bertz CT molecular complexity index is 790. The van der Waals surface area contributed by atoms with Gasteiger partial charge in [-0.2, -0.15) is 0 Å². The van der Waals surface area contributed by atoms with E-state index in [1.54, 1.807) is 19.2 Å². The number of nitrogens with one attached hydrogen (secondary N) is 2. The summed E-state index contributed by atoms with van der Waals surface area (Å²) in [5.74, 6) is -1.01. The number of hydrogen-bond acceptors (Lipinski definition) is 3. The van der Waals surface area contributed by atoms with E-state index in [0.29, 0.717) is 23.9 Å². The van der Waals surface area contributed by atoms with Gasteiger partial charge in [0, 0.05) is 23.5 Å². The highest BCUT2D eigenvalue weighted by molar-refractivity contribution is 9.10. The molecule has 1 aromatic carbocycles. The van der Waals surface area contributed by atoms with Gasteiger partial charge in [-0.1, -0.05) is 15.9 Å². The van der Waals surface area contributed by atoms with Crippen molar-refractivity contribution >= 4 is 38.8 Å². The standard InChI is InChI=1S/C13H12BrN3O3/c1-17-11-8(15-13(17)20)4-3-7(14)10(11)6-2-5-9(18)16-12(6)19/h3-4,6H,2,5H2,1H3,(H,15,20)(H,16,18,19). The van der Waals surface area contributed by atoms with E-state index in [1.807, 2.05) is 0 Å². The van der Waals surface area contributed by atoms with Crippen LogP contribution in [-0.2, 0) is 16.6 Å². The van der Waals surface area contributed by atoms with Crippen molar-refractivity contribution in [2.45, 2.75) is 18.8 Å². The molecule has 2 N–H and O–H groups in total. The smallest absolute Gasteiger partial charge is 0.306 e. The third kappa shape index (κ3) is 1.89. The number of aryl methyl sites for hydroxylation is 1. The zero-order valence-electron chi connectivity index (χ0n) is 10.7. The fourth-order valence-electron chi connectivity index (χ4n) is 2.65. The van der Waals surface area contributed by atoms with Crippen LogP contribution in [0.2, 0.25) is 0 Å². The van der Waals surface area contributed by atoms with Crippen molar-refractivity contribution in [1.29, 1.82) is 0 Å². The van der Waals surface area contributed by atoms with Gasteiger partial charge in [-0.05, 0) is 18.6 Å². The number of H-pyrrole nitrogens is 1. The molecule has 1 saturated heterocycles. The SMILES string of the molecule is Cn1c(=O)[nH]c2ccc(Br)c(C3CCC(=O)NC3=O)c21. The van der Waals surface area contributed by atoms with E-state index in [4.69, 9.17) is 0 Å². The molecule has 0 radical (unpaired) electrons. The summed E-state index contributed by atoms with van der Waals surface area (Å²) in [4.78, 5) is 37.8. The van der Waals surface area contributed by atoms with Gasteiger partial charge < -0.3 is 4.98 Å². The molecular formula is C13H12BrN3O3. The van der Waals surface area contributed by atoms with Crippen LogP contribution < -0.4 is 11.0 Å². The molecule has 0 saturated carbocycles. The maximum Gasteiger partial charge on any atom is 0.326 e. The molecular weight excluding hydrogens is 326 g/mol. The molecule has 2 heterocycles. The maximum atomic E-state index is 12.1. The van der Waals surface area contributed by atoms with Gasteiger partial charge in [0.2, 0.25) is 11.8 Å². The van der Waals surface area contributed by atoms with Crippen molar-refractivity contribution in [1.82, 2.24) is 14.9 Å². The number of aromatic amines is 1. The lowest BCUT2D eigenvalue weighted by molar-refractivity contribution is -0.134. The van der Waals surface area contributed by atoms with E-state index in [1.165, 1.54) is 4.57 Å². The van der Waals surface area contributed by atoms with Crippen molar-refractivity contribution in [2.24, 2.45) is 7.05 Å². The molecule has 0 bridgehead atoms. The first-order chi connectivity index (χ1) is 9.49. The van der Waals surface area contributed by atoms with Gasteiger partial charge >= 0.3 is 5.69 Å². The number of carbonyl (C=O) groups excluding carboxylic acids is 2. The number of imide groups is 1. The normalized spacial score (nSPS) is 19.4. The second-order valence-corrected chi connectivity index (χ2v) is 5.70. The molecule has 3 rings (SSSR count). The average Bonchev–Trinajstić information content (AvgIpc) is 2.67. The summed E-state index contributed by atoms with van der Waals surface area (Å²) in [5.41, 5.74) is 1.89. The third-order valence-electron chi connectivity index (χ3n) is 3.63. The Morgan fingerprint density at radius 2 is 2.05 bits per heavy atom. The summed E-state index contributed by atoms with van der Waals surface area (Å²) in [7, 11) is 1.66. The van der Waals surface area contributed by atoms with Crippen molar-refractivity contribution in [3.63, 3.8) is 0 Å². The molecule has 0 spiro atoms. The molecule has 1 aliphatic rings. The Labute approximate surface area is 122 Å². The number of fused-ring (bicyclic) bond motifs is 1. The number of amides is 2. The Morgan fingerprint density at radius 3 is 2.75 bits per heavy atom. The summed E-state index contributed by atoms with van der Waals surface area (Å²) in [5, 5.41) is 2.35. The molecule has 7 heteroatoms. The molecule has 1 unspecified atom stereocenters. The Morgan fingerprint density at radius 1 is 1.30 bits per heavy atom. The molecule has 2 amide bonds. The van der Waals surface area contributed by atoms with Crippen LogP contribution in [0.1, 0.15) is 24.3 Å². The van der Waals surface area contributed by atoms with E-state index < -0.39 is 5.92 Å². The minimum atomic E-state index is -0.438. The molecule has 1 fully saturated rings. The highest BCUT2D eigenvalue weighted by Gasteiger charge is 2.31. The van der Waals surface area contributed by atoms with Gasteiger partial charge in [-0.15, -0.1) is 0 Å². The van der Waals surface area contributed by atoms with Crippen molar-refractivity contribution in [3.8, 4) is 0 Å². The molecule has 104 valence electrons. The van der Waals surface area contributed by atoms with Gasteiger partial charge in [-0.3, -0.25) is 19.5 Å². The predicted octanol–water partition coefficient (Wildman–Crippen LogP) is 1.15. The van der Waals surface area contributed by atoms with Gasteiger partial charge in [0.15, 0.2) is 0 Å². The maximum absolute atomic E-state index is 12.1. The summed E-state index contributed by atoms with van der Waals surface area (Å²) >= 11 is 3.44. The van der Waals surface area contributed by atoms with Crippen LogP contribution in [0, 0.1) is 0 Å². The van der Waals surface area contributed by atoms with E-state index >= 15 is 0 Å². The highest BCUT2D eigenvalue weighted by Crippen LogP contribution is 2.35. The van der Waals surface area contributed by atoms with Crippen molar-refractivity contribution in [3.05, 3.63) is 32.7 Å². The monoisotopic (exact) mass is 337 g/mol. The van der Waals surface area contributed by atoms with Crippen LogP contribution in [0.25, 0.3) is 11.0 Å². The first-order valence-corrected chi connectivity index (χ1v) is 6.99. The van der Waals surface area contributed by atoms with E-state index in [9.17, 15) is 14.4 Å².